The fourth-order valence-corrected chi connectivity index (χ4v) is 3.43. The number of benzene rings is 1. The smallest absolute Gasteiger partial charge is 0.309 e. The lowest BCUT2D eigenvalue weighted by atomic mass is 9.89. The Bertz CT molecular complexity index is 598. The summed E-state index contributed by atoms with van der Waals surface area (Å²) in [4.78, 5) is 24.2. The molecule has 5 nitrogen and oxygen atoms in total. The average Bonchev–Trinajstić information content (AvgIpc) is 3.06. The third-order valence-electron chi connectivity index (χ3n) is 4.83. The minimum atomic E-state index is -0.223. The van der Waals surface area contributed by atoms with Crippen LogP contribution in [-0.4, -0.2) is 24.7 Å². The number of rotatable bonds is 8. The predicted octanol–water partition coefficient (Wildman–Crippen LogP) is 3.94. The standard InChI is InChI=1S/C20H28N2O3/c1-3-4-5-9-12-16-17(20(24)25-2)13-14-18(16)21-22-19(23)15-10-7-6-8-11-15/h6-8,10-11,16-17H,3-5,9,12-14H2,1-2H3,(H,22,23)/b21-18-/t16-,17+/m0/s1. The number of nitrogens with one attached hydrogen (secondary N) is 1. The van der Waals surface area contributed by atoms with Crippen molar-refractivity contribution in [3.8, 4) is 0 Å². The molecule has 2 rings (SSSR count). The van der Waals surface area contributed by atoms with Crippen molar-refractivity contribution >= 4 is 17.6 Å². The molecule has 1 aliphatic rings. The van der Waals surface area contributed by atoms with E-state index in [2.05, 4.69) is 17.5 Å². The minimum absolute atomic E-state index is 0.0698. The molecule has 0 heterocycles. The number of hydrogen-bond donors (Lipinski definition) is 1. The molecule has 1 aromatic carbocycles. The first-order chi connectivity index (χ1) is 12.2. The Morgan fingerprint density at radius 1 is 1.20 bits per heavy atom. The zero-order valence-corrected chi connectivity index (χ0v) is 15.2. The number of hydrazone groups is 1. The Balaban J connectivity index is 2.02. The molecule has 136 valence electrons. The Labute approximate surface area is 149 Å². The van der Waals surface area contributed by atoms with E-state index in [0.717, 1.165) is 37.8 Å². The minimum Gasteiger partial charge on any atom is -0.469 e. The van der Waals surface area contributed by atoms with E-state index in [0.29, 0.717) is 5.56 Å². The number of nitrogens with zero attached hydrogens (tertiary/aromatic N) is 1. The molecule has 1 N–H and O–H groups in total. The van der Waals surface area contributed by atoms with Crippen LogP contribution in [0.3, 0.4) is 0 Å². The van der Waals surface area contributed by atoms with Crippen LogP contribution in [0.2, 0.25) is 0 Å². The van der Waals surface area contributed by atoms with Crippen LogP contribution < -0.4 is 5.43 Å². The fraction of sp³-hybridized carbons (Fsp3) is 0.550. The maximum atomic E-state index is 12.2. The van der Waals surface area contributed by atoms with Crippen molar-refractivity contribution < 1.29 is 14.3 Å². The molecule has 25 heavy (non-hydrogen) atoms. The molecule has 0 radical (unpaired) electrons. The lowest BCUT2D eigenvalue weighted by molar-refractivity contribution is -0.146. The Kier molecular flexibility index (Phi) is 7.64. The van der Waals surface area contributed by atoms with Crippen molar-refractivity contribution in [2.45, 2.75) is 51.9 Å². The van der Waals surface area contributed by atoms with Crippen LogP contribution in [-0.2, 0) is 9.53 Å². The van der Waals surface area contributed by atoms with Crippen molar-refractivity contribution in [3.05, 3.63) is 35.9 Å². The number of hydrogen-bond acceptors (Lipinski definition) is 4. The van der Waals surface area contributed by atoms with Crippen LogP contribution in [0.15, 0.2) is 35.4 Å². The molecule has 1 aromatic rings. The SMILES string of the molecule is CCCCCC[C@@H]1/C(=N\NC(=O)c2ccccc2)CC[C@H]1C(=O)OC. The predicted molar refractivity (Wildman–Crippen MR) is 98.3 cm³/mol. The number of unbranched alkanes of at least 4 members (excludes halogenated alkanes) is 3. The molecule has 1 saturated carbocycles. The normalized spacial score (nSPS) is 21.3. The number of carbonyl (C=O) groups excluding carboxylic acids is 2. The summed E-state index contributed by atoms with van der Waals surface area (Å²) in [5.74, 6) is -0.459. The van der Waals surface area contributed by atoms with Crippen LogP contribution in [0, 0.1) is 11.8 Å². The maximum absolute atomic E-state index is 12.2. The highest BCUT2D eigenvalue weighted by Gasteiger charge is 2.38. The van der Waals surface area contributed by atoms with E-state index >= 15 is 0 Å². The highest BCUT2D eigenvalue weighted by atomic mass is 16.5. The van der Waals surface area contributed by atoms with Crippen molar-refractivity contribution in [1.82, 2.24) is 5.43 Å². The summed E-state index contributed by atoms with van der Waals surface area (Å²) < 4.78 is 4.95. The molecule has 2 atom stereocenters. The number of ether oxygens (including phenoxy) is 1. The van der Waals surface area contributed by atoms with E-state index in [1.54, 1.807) is 12.1 Å². The second-order valence-corrected chi connectivity index (χ2v) is 6.53. The summed E-state index contributed by atoms with van der Waals surface area (Å²) in [5, 5.41) is 4.36. The average molecular weight is 344 g/mol. The van der Waals surface area contributed by atoms with Gasteiger partial charge in [-0.05, 0) is 31.4 Å². The van der Waals surface area contributed by atoms with E-state index in [4.69, 9.17) is 4.74 Å². The summed E-state index contributed by atoms with van der Waals surface area (Å²) in [5.41, 5.74) is 4.14. The van der Waals surface area contributed by atoms with Gasteiger partial charge in [-0.3, -0.25) is 9.59 Å². The largest absolute Gasteiger partial charge is 0.469 e. The number of carbonyl (C=O) groups is 2. The highest BCUT2D eigenvalue weighted by Crippen LogP contribution is 2.34. The molecule has 0 aromatic heterocycles. The van der Waals surface area contributed by atoms with Gasteiger partial charge in [0.1, 0.15) is 0 Å². The summed E-state index contributed by atoms with van der Waals surface area (Å²) in [6, 6.07) is 9.02. The van der Waals surface area contributed by atoms with E-state index < -0.39 is 0 Å². The highest BCUT2D eigenvalue weighted by molar-refractivity contribution is 5.97. The maximum Gasteiger partial charge on any atom is 0.309 e. The van der Waals surface area contributed by atoms with Gasteiger partial charge in [-0.15, -0.1) is 0 Å². The molecule has 0 aliphatic heterocycles. The number of methoxy groups -OCH3 is 1. The van der Waals surface area contributed by atoms with Crippen LogP contribution in [0.4, 0.5) is 0 Å². The van der Waals surface area contributed by atoms with Gasteiger partial charge >= 0.3 is 5.97 Å². The first kappa shape index (κ1) is 19.2. The van der Waals surface area contributed by atoms with Crippen molar-refractivity contribution in [3.63, 3.8) is 0 Å². The molecular weight excluding hydrogens is 316 g/mol. The van der Waals surface area contributed by atoms with Gasteiger partial charge in [0, 0.05) is 17.2 Å². The Morgan fingerprint density at radius 3 is 2.64 bits per heavy atom. The molecular formula is C20H28N2O3. The van der Waals surface area contributed by atoms with Gasteiger partial charge in [-0.1, -0.05) is 50.8 Å². The molecule has 0 unspecified atom stereocenters. The molecule has 1 aliphatic carbocycles. The number of esters is 1. The van der Waals surface area contributed by atoms with Crippen molar-refractivity contribution in [2.75, 3.05) is 7.11 Å². The van der Waals surface area contributed by atoms with Crippen LogP contribution in [0.5, 0.6) is 0 Å². The first-order valence-electron chi connectivity index (χ1n) is 9.17. The summed E-state index contributed by atoms with van der Waals surface area (Å²) >= 11 is 0. The van der Waals surface area contributed by atoms with E-state index in [-0.39, 0.29) is 23.7 Å². The van der Waals surface area contributed by atoms with Gasteiger partial charge in [0.05, 0.1) is 13.0 Å². The Morgan fingerprint density at radius 2 is 1.96 bits per heavy atom. The van der Waals surface area contributed by atoms with Crippen LogP contribution in [0.1, 0.15) is 62.2 Å². The lowest BCUT2D eigenvalue weighted by Gasteiger charge is -2.18. The molecule has 0 spiro atoms. The zero-order chi connectivity index (χ0) is 18.1. The van der Waals surface area contributed by atoms with Gasteiger partial charge in [0.15, 0.2) is 0 Å². The molecule has 0 bridgehead atoms. The van der Waals surface area contributed by atoms with Crippen LogP contribution in [0.25, 0.3) is 0 Å². The third kappa shape index (κ3) is 5.41. The van der Waals surface area contributed by atoms with Gasteiger partial charge < -0.3 is 4.74 Å². The van der Waals surface area contributed by atoms with Crippen molar-refractivity contribution in [1.29, 1.82) is 0 Å². The molecule has 1 fully saturated rings. The second-order valence-electron chi connectivity index (χ2n) is 6.53. The quantitative estimate of drug-likeness (QED) is 0.441. The Hall–Kier alpha value is -2.17. The van der Waals surface area contributed by atoms with Gasteiger partial charge in [-0.25, -0.2) is 5.43 Å². The monoisotopic (exact) mass is 344 g/mol. The molecule has 1 amide bonds. The summed E-state index contributed by atoms with van der Waals surface area (Å²) in [6.07, 6.45) is 6.99. The number of amides is 1. The first-order valence-corrected chi connectivity index (χ1v) is 9.17. The van der Waals surface area contributed by atoms with Gasteiger partial charge in [-0.2, -0.15) is 5.10 Å². The topological polar surface area (TPSA) is 67.8 Å². The molecule has 5 heteroatoms. The molecule has 0 saturated heterocycles. The van der Waals surface area contributed by atoms with E-state index in [9.17, 15) is 9.59 Å². The third-order valence-corrected chi connectivity index (χ3v) is 4.83. The van der Waals surface area contributed by atoms with E-state index in [1.807, 2.05) is 18.2 Å². The zero-order valence-electron chi connectivity index (χ0n) is 15.2. The fourth-order valence-electron chi connectivity index (χ4n) is 3.43. The lowest BCUT2D eigenvalue weighted by Crippen LogP contribution is -2.26. The second kappa shape index (κ2) is 9.97. The van der Waals surface area contributed by atoms with Crippen molar-refractivity contribution in [2.24, 2.45) is 16.9 Å². The van der Waals surface area contributed by atoms with Gasteiger partial charge in [0.25, 0.3) is 5.91 Å². The summed E-state index contributed by atoms with van der Waals surface area (Å²) in [7, 11) is 1.43. The summed E-state index contributed by atoms with van der Waals surface area (Å²) in [6.45, 7) is 2.18. The van der Waals surface area contributed by atoms with E-state index in [1.165, 1.54) is 20.0 Å². The van der Waals surface area contributed by atoms with Crippen LogP contribution >= 0.6 is 0 Å². The van der Waals surface area contributed by atoms with Gasteiger partial charge in [0.2, 0.25) is 0 Å².